The summed E-state index contributed by atoms with van der Waals surface area (Å²) in [6, 6.07) is 3.86. The van der Waals surface area contributed by atoms with Crippen LogP contribution in [0.15, 0.2) is 22.7 Å². The molecule has 2 atom stereocenters. The zero-order chi connectivity index (χ0) is 15.7. The fourth-order valence-electron chi connectivity index (χ4n) is 2.58. The first kappa shape index (κ1) is 15.1. The molecule has 1 aliphatic heterocycles. The smallest absolute Gasteiger partial charge is 0.233 e. The summed E-state index contributed by atoms with van der Waals surface area (Å²) in [4.78, 5) is 6.60. The molecule has 1 aliphatic rings. The predicted octanol–water partition coefficient (Wildman–Crippen LogP) is 2.08. The van der Waals surface area contributed by atoms with Crippen LogP contribution in [0.4, 0.5) is 8.78 Å². The number of halogens is 2. The molecular weight excluding hydrogens is 290 g/mol. The Kier molecular flexibility index (Phi) is 4.17. The summed E-state index contributed by atoms with van der Waals surface area (Å²) < 4.78 is 31.7. The van der Waals surface area contributed by atoms with Crippen LogP contribution in [-0.4, -0.2) is 41.7 Å². The van der Waals surface area contributed by atoms with Gasteiger partial charge in [-0.1, -0.05) is 11.2 Å². The first-order valence-electron chi connectivity index (χ1n) is 7.25. The minimum Gasteiger partial charge on any atom is -0.339 e. The van der Waals surface area contributed by atoms with E-state index in [0.29, 0.717) is 17.3 Å². The number of likely N-dealkylation sites (N-methyl/N-ethyl adjacent to an activating group) is 1. The van der Waals surface area contributed by atoms with Crippen LogP contribution < -0.4 is 5.32 Å². The molecular formula is C15H18F2N4O. The molecule has 2 aromatic rings. The molecule has 5 nitrogen and oxygen atoms in total. The number of hydrogen-bond acceptors (Lipinski definition) is 5. The molecule has 3 rings (SSSR count). The lowest BCUT2D eigenvalue weighted by atomic mass is 10.0. The predicted molar refractivity (Wildman–Crippen MR) is 76.4 cm³/mol. The normalized spacial score (nSPS) is 21.0. The summed E-state index contributed by atoms with van der Waals surface area (Å²) in [7, 11) is 2.01. The number of nitrogens with zero attached hydrogens (tertiary/aromatic N) is 3. The molecule has 1 aromatic heterocycles. The van der Waals surface area contributed by atoms with Crippen molar-refractivity contribution in [3.8, 4) is 0 Å². The van der Waals surface area contributed by atoms with Crippen molar-refractivity contribution in [1.29, 1.82) is 0 Å². The minimum absolute atomic E-state index is 0.0587. The van der Waals surface area contributed by atoms with Crippen molar-refractivity contribution in [3.05, 3.63) is 47.1 Å². The highest BCUT2D eigenvalue weighted by Gasteiger charge is 2.26. The molecule has 0 amide bonds. The van der Waals surface area contributed by atoms with Crippen molar-refractivity contribution < 1.29 is 13.3 Å². The highest BCUT2D eigenvalue weighted by Crippen LogP contribution is 2.26. The van der Waals surface area contributed by atoms with Gasteiger partial charge in [0.25, 0.3) is 0 Å². The van der Waals surface area contributed by atoms with E-state index in [9.17, 15) is 8.78 Å². The van der Waals surface area contributed by atoms with Gasteiger partial charge in [-0.3, -0.25) is 4.90 Å². The van der Waals surface area contributed by atoms with Gasteiger partial charge in [-0.05, 0) is 31.7 Å². The molecule has 0 spiro atoms. The Morgan fingerprint density at radius 1 is 1.36 bits per heavy atom. The van der Waals surface area contributed by atoms with Gasteiger partial charge in [-0.15, -0.1) is 0 Å². The second-order valence-electron chi connectivity index (χ2n) is 5.59. The summed E-state index contributed by atoms with van der Waals surface area (Å²) in [5, 5.41) is 7.33. The van der Waals surface area contributed by atoms with E-state index in [0.717, 1.165) is 31.8 Å². The number of benzene rings is 1. The van der Waals surface area contributed by atoms with Gasteiger partial charge < -0.3 is 9.84 Å². The van der Waals surface area contributed by atoms with Gasteiger partial charge in [0.15, 0.2) is 17.5 Å². The Balaban J connectivity index is 1.81. The van der Waals surface area contributed by atoms with Gasteiger partial charge in [0.2, 0.25) is 5.89 Å². The Hall–Kier alpha value is -1.86. The zero-order valence-electron chi connectivity index (χ0n) is 12.5. The van der Waals surface area contributed by atoms with Gasteiger partial charge in [0.1, 0.15) is 0 Å². The third kappa shape index (κ3) is 2.86. The lowest BCUT2D eigenvalue weighted by Crippen LogP contribution is -2.44. The molecule has 1 N–H and O–H groups in total. The molecule has 0 bridgehead atoms. The molecule has 2 unspecified atom stereocenters. The fraction of sp³-hybridized carbons (Fsp3) is 0.467. The van der Waals surface area contributed by atoms with Crippen LogP contribution in [0.3, 0.4) is 0 Å². The second-order valence-corrected chi connectivity index (χ2v) is 5.59. The Bertz CT molecular complexity index is 661. The van der Waals surface area contributed by atoms with Crippen LogP contribution >= 0.6 is 0 Å². The maximum atomic E-state index is 13.3. The molecule has 2 heterocycles. The van der Waals surface area contributed by atoms with Gasteiger partial charge in [-0.25, -0.2) is 8.78 Å². The molecule has 1 aromatic carbocycles. The lowest BCUT2D eigenvalue weighted by Gasteiger charge is -2.30. The molecule has 1 saturated heterocycles. The van der Waals surface area contributed by atoms with Crippen molar-refractivity contribution in [2.24, 2.45) is 0 Å². The minimum atomic E-state index is -0.875. The average molecular weight is 308 g/mol. The van der Waals surface area contributed by atoms with Crippen molar-refractivity contribution in [3.63, 3.8) is 0 Å². The molecule has 0 radical (unpaired) electrons. The quantitative estimate of drug-likeness (QED) is 0.941. The third-order valence-corrected chi connectivity index (χ3v) is 4.08. The van der Waals surface area contributed by atoms with Gasteiger partial charge in [-0.2, -0.15) is 4.98 Å². The maximum absolute atomic E-state index is 13.3. The largest absolute Gasteiger partial charge is 0.339 e. The highest BCUT2D eigenvalue weighted by molar-refractivity contribution is 5.25. The summed E-state index contributed by atoms with van der Waals surface area (Å²) in [6.45, 7) is 4.43. The summed E-state index contributed by atoms with van der Waals surface area (Å²) in [5.41, 5.74) is 0.601. The number of nitrogens with one attached hydrogen (secondary N) is 1. The SMILES string of the molecule is CC(c1ccc(F)c(F)c1)c1nc(C2CNCCN2C)no1. The summed E-state index contributed by atoms with van der Waals surface area (Å²) >= 11 is 0. The van der Waals surface area contributed by atoms with Crippen molar-refractivity contribution >= 4 is 0 Å². The maximum Gasteiger partial charge on any atom is 0.233 e. The zero-order valence-corrected chi connectivity index (χ0v) is 12.5. The standard InChI is InChI=1S/C15H18F2N4O/c1-9(10-3-4-11(16)12(17)7-10)15-19-14(20-22-15)13-8-18-5-6-21(13)2/h3-4,7,9,13,18H,5-6,8H2,1-2H3. The van der Waals surface area contributed by atoms with Crippen LogP contribution in [-0.2, 0) is 0 Å². The van der Waals surface area contributed by atoms with Crippen LogP contribution in [0.2, 0.25) is 0 Å². The van der Waals surface area contributed by atoms with Crippen LogP contribution in [0.25, 0.3) is 0 Å². The van der Waals surface area contributed by atoms with Crippen LogP contribution in [0, 0.1) is 11.6 Å². The number of piperazine rings is 1. The van der Waals surface area contributed by atoms with E-state index in [-0.39, 0.29) is 12.0 Å². The van der Waals surface area contributed by atoms with E-state index in [4.69, 9.17) is 4.52 Å². The number of hydrogen-bond donors (Lipinski definition) is 1. The first-order valence-corrected chi connectivity index (χ1v) is 7.25. The summed E-state index contributed by atoms with van der Waals surface area (Å²) in [5.74, 6) is -1.02. The van der Waals surface area contributed by atoms with E-state index in [1.807, 2.05) is 14.0 Å². The van der Waals surface area contributed by atoms with Gasteiger partial charge >= 0.3 is 0 Å². The Labute approximate surface area is 127 Å². The van der Waals surface area contributed by atoms with Crippen molar-refractivity contribution in [2.75, 3.05) is 26.7 Å². The number of aromatic nitrogens is 2. The average Bonchev–Trinajstić information content (AvgIpc) is 2.99. The van der Waals surface area contributed by atoms with E-state index < -0.39 is 11.6 Å². The van der Waals surface area contributed by atoms with E-state index >= 15 is 0 Å². The van der Waals surface area contributed by atoms with Gasteiger partial charge in [0.05, 0.1) is 12.0 Å². The molecule has 118 valence electrons. The van der Waals surface area contributed by atoms with Crippen molar-refractivity contribution in [2.45, 2.75) is 18.9 Å². The second kappa shape index (κ2) is 6.10. The lowest BCUT2D eigenvalue weighted by molar-refractivity contribution is 0.190. The molecule has 22 heavy (non-hydrogen) atoms. The van der Waals surface area contributed by atoms with E-state index in [1.165, 1.54) is 6.07 Å². The van der Waals surface area contributed by atoms with Crippen LogP contribution in [0.1, 0.15) is 36.2 Å². The number of rotatable bonds is 3. The topological polar surface area (TPSA) is 54.2 Å². The Morgan fingerprint density at radius 2 is 2.18 bits per heavy atom. The monoisotopic (exact) mass is 308 g/mol. The third-order valence-electron chi connectivity index (χ3n) is 4.08. The van der Waals surface area contributed by atoms with Crippen molar-refractivity contribution in [1.82, 2.24) is 20.4 Å². The van der Waals surface area contributed by atoms with Crippen LogP contribution in [0.5, 0.6) is 0 Å². The molecule has 0 saturated carbocycles. The van der Waals surface area contributed by atoms with E-state index in [1.54, 1.807) is 0 Å². The fourth-order valence-corrected chi connectivity index (χ4v) is 2.58. The molecule has 1 fully saturated rings. The molecule has 7 heteroatoms. The first-order chi connectivity index (χ1) is 10.6. The molecule has 0 aliphatic carbocycles. The summed E-state index contributed by atoms with van der Waals surface area (Å²) in [6.07, 6.45) is 0. The van der Waals surface area contributed by atoms with Gasteiger partial charge in [0, 0.05) is 19.6 Å². The highest BCUT2D eigenvalue weighted by atomic mass is 19.2. The van der Waals surface area contributed by atoms with E-state index in [2.05, 4.69) is 20.4 Å². The Morgan fingerprint density at radius 3 is 2.91 bits per heavy atom.